The van der Waals surface area contributed by atoms with E-state index in [9.17, 15) is 0 Å². The molecule has 1 aliphatic rings. The molecular weight excluding hydrogens is 182 g/mol. The van der Waals surface area contributed by atoms with Crippen molar-refractivity contribution in [1.82, 2.24) is 5.32 Å². The van der Waals surface area contributed by atoms with Crippen molar-refractivity contribution in [3.63, 3.8) is 0 Å². The summed E-state index contributed by atoms with van der Waals surface area (Å²) in [5.74, 6) is 0.886. The largest absolute Gasteiger partial charge is 0.316 e. The van der Waals surface area contributed by atoms with Crippen LogP contribution in [0, 0.1) is 0 Å². The topological polar surface area (TPSA) is 12.0 Å². The van der Waals surface area contributed by atoms with E-state index in [0.29, 0.717) is 0 Å². The van der Waals surface area contributed by atoms with Crippen molar-refractivity contribution in [1.29, 1.82) is 0 Å². The van der Waals surface area contributed by atoms with Crippen molar-refractivity contribution in [3.05, 3.63) is 35.4 Å². The van der Waals surface area contributed by atoms with Gasteiger partial charge in [0.1, 0.15) is 0 Å². The van der Waals surface area contributed by atoms with Gasteiger partial charge in [-0.3, -0.25) is 0 Å². The zero-order valence-corrected chi connectivity index (χ0v) is 9.63. The molecule has 1 saturated carbocycles. The Labute approximate surface area is 92.9 Å². The molecule has 0 heterocycles. The fraction of sp³-hybridized carbons (Fsp3) is 0.571. The summed E-state index contributed by atoms with van der Waals surface area (Å²) >= 11 is 0. The Bertz CT molecular complexity index is 285. The summed E-state index contributed by atoms with van der Waals surface area (Å²) in [6, 6.07) is 9.21. The van der Waals surface area contributed by atoms with Crippen LogP contribution in [0.1, 0.15) is 43.2 Å². The quantitative estimate of drug-likeness (QED) is 0.700. The second-order valence-electron chi connectivity index (χ2n) is 4.52. The summed E-state index contributed by atoms with van der Waals surface area (Å²) in [6.07, 6.45) is 5.18. The average molecular weight is 203 g/mol. The van der Waals surface area contributed by atoms with Crippen molar-refractivity contribution >= 4 is 0 Å². The molecule has 0 bridgehead atoms. The molecule has 1 aromatic carbocycles. The fourth-order valence-corrected chi connectivity index (χ4v) is 1.91. The smallest absolute Gasteiger partial charge is 0.000835 e. The Morgan fingerprint density at radius 1 is 1.13 bits per heavy atom. The molecule has 1 N–H and O–H groups in total. The van der Waals surface area contributed by atoms with Crippen LogP contribution in [0.2, 0.25) is 0 Å². The molecule has 0 radical (unpaired) electrons. The van der Waals surface area contributed by atoms with Crippen LogP contribution in [0.3, 0.4) is 0 Å². The number of rotatable bonds is 6. The molecule has 0 aromatic heterocycles. The van der Waals surface area contributed by atoms with Crippen LogP contribution in [-0.2, 0) is 6.42 Å². The van der Waals surface area contributed by atoms with Crippen LogP contribution in [0.25, 0.3) is 0 Å². The first-order chi connectivity index (χ1) is 7.40. The summed E-state index contributed by atoms with van der Waals surface area (Å²) in [5.41, 5.74) is 3.00. The van der Waals surface area contributed by atoms with Crippen molar-refractivity contribution < 1.29 is 0 Å². The van der Waals surface area contributed by atoms with Crippen molar-refractivity contribution in [3.8, 4) is 0 Å². The maximum absolute atomic E-state index is 3.43. The summed E-state index contributed by atoms with van der Waals surface area (Å²) in [4.78, 5) is 0. The van der Waals surface area contributed by atoms with Gasteiger partial charge in [-0.15, -0.1) is 0 Å². The molecule has 0 amide bonds. The lowest BCUT2D eigenvalue weighted by molar-refractivity contribution is 0.671. The van der Waals surface area contributed by atoms with Gasteiger partial charge in [-0.1, -0.05) is 31.2 Å². The van der Waals surface area contributed by atoms with Crippen LogP contribution in [0.4, 0.5) is 0 Å². The second kappa shape index (κ2) is 5.32. The summed E-state index contributed by atoms with van der Waals surface area (Å²) in [6.45, 7) is 4.45. The van der Waals surface area contributed by atoms with Gasteiger partial charge < -0.3 is 5.32 Å². The standard InChI is InChI=1S/C14H21N/c1-2-10-15-11-9-12-3-5-13(6-4-12)14-7-8-14/h3-6,14-15H,2,7-11H2,1H3. The Morgan fingerprint density at radius 2 is 1.87 bits per heavy atom. The van der Waals surface area contributed by atoms with E-state index in [1.807, 2.05) is 0 Å². The van der Waals surface area contributed by atoms with Gasteiger partial charge >= 0.3 is 0 Å². The molecule has 0 atom stereocenters. The molecule has 1 aromatic rings. The molecule has 1 aliphatic carbocycles. The third-order valence-electron chi connectivity index (χ3n) is 3.05. The third kappa shape index (κ3) is 3.35. The van der Waals surface area contributed by atoms with Crippen molar-refractivity contribution in [2.75, 3.05) is 13.1 Å². The molecule has 0 saturated heterocycles. The van der Waals surface area contributed by atoms with Gasteiger partial charge in [-0.25, -0.2) is 0 Å². The van der Waals surface area contributed by atoms with Gasteiger partial charge in [0, 0.05) is 0 Å². The van der Waals surface area contributed by atoms with Gasteiger partial charge in [0.2, 0.25) is 0 Å². The van der Waals surface area contributed by atoms with Crippen LogP contribution in [0.5, 0.6) is 0 Å². The third-order valence-corrected chi connectivity index (χ3v) is 3.05. The van der Waals surface area contributed by atoms with Crippen LogP contribution in [0.15, 0.2) is 24.3 Å². The molecule has 1 nitrogen and oxygen atoms in total. The second-order valence-corrected chi connectivity index (χ2v) is 4.52. The molecular formula is C14H21N. The van der Waals surface area contributed by atoms with E-state index in [1.165, 1.54) is 24.8 Å². The highest BCUT2D eigenvalue weighted by Crippen LogP contribution is 2.39. The van der Waals surface area contributed by atoms with E-state index in [1.54, 1.807) is 5.56 Å². The number of hydrogen-bond donors (Lipinski definition) is 1. The summed E-state index contributed by atoms with van der Waals surface area (Å²) in [7, 11) is 0. The first-order valence-electron chi connectivity index (χ1n) is 6.19. The van der Waals surface area contributed by atoms with Crippen molar-refractivity contribution in [2.24, 2.45) is 0 Å². The minimum absolute atomic E-state index is 0.886. The summed E-state index contributed by atoms with van der Waals surface area (Å²) in [5, 5.41) is 3.43. The zero-order valence-electron chi connectivity index (χ0n) is 9.63. The van der Waals surface area contributed by atoms with Crippen LogP contribution >= 0.6 is 0 Å². The molecule has 1 fully saturated rings. The maximum atomic E-state index is 3.43. The van der Waals surface area contributed by atoms with E-state index in [0.717, 1.165) is 25.4 Å². The highest BCUT2D eigenvalue weighted by Gasteiger charge is 2.22. The SMILES string of the molecule is CCCNCCc1ccc(C2CC2)cc1. The van der Waals surface area contributed by atoms with E-state index in [4.69, 9.17) is 0 Å². The Balaban J connectivity index is 1.76. The van der Waals surface area contributed by atoms with Crippen LogP contribution < -0.4 is 5.32 Å². The fourth-order valence-electron chi connectivity index (χ4n) is 1.91. The van der Waals surface area contributed by atoms with Gasteiger partial charge in [0.25, 0.3) is 0 Å². The van der Waals surface area contributed by atoms with Gasteiger partial charge in [-0.05, 0) is 55.8 Å². The molecule has 0 unspecified atom stereocenters. The highest BCUT2D eigenvalue weighted by molar-refractivity contribution is 5.28. The summed E-state index contributed by atoms with van der Waals surface area (Å²) < 4.78 is 0. The van der Waals surface area contributed by atoms with Crippen molar-refractivity contribution in [2.45, 2.75) is 38.5 Å². The molecule has 15 heavy (non-hydrogen) atoms. The average Bonchev–Trinajstić information content (AvgIpc) is 3.09. The minimum atomic E-state index is 0.886. The van der Waals surface area contributed by atoms with Gasteiger partial charge in [0.05, 0.1) is 0 Å². The highest BCUT2D eigenvalue weighted by atomic mass is 14.8. The Morgan fingerprint density at radius 3 is 2.47 bits per heavy atom. The zero-order chi connectivity index (χ0) is 10.5. The minimum Gasteiger partial charge on any atom is -0.316 e. The van der Waals surface area contributed by atoms with Gasteiger partial charge in [0.15, 0.2) is 0 Å². The maximum Gasteiger partial charge on any atom is -0.000835 e. The number of benzene rings is 1. The molecule has 1 heteroatoms. The molecule has 2 rings (SSSR count). The lowest BCUT2D eigenvalue weighted by atomic mass is 10.1. The Kier molecular flexibility index (Phi) is 3.79. The Hall–Kier alpha value is -0.820. The first-order valence-corrected chi connectivity index (χ1v) is 6.19. The van der Waals surface area contributed by atoms with E-state index in [-0.39, 0.29) is 0 Å². The van der Waals surface area contributed by atoms with Crippen LogP contribution in [-0.4, -0.2) is 13.1 Å². The first kappa shape index (κ1) is 10.7. The van der Waals surface area contributed by atoms with E-state index >= 15 is 0 Å². The molecule has 82 valence electrons. The normalized spacial score (nSPS) is 15.5. The predicted octanol–water partition coefficient (Wildman–Crippen LogP) is 3.11. The number of nitrogens with one attached hydrogen (secondary N) is 1. The lowest BCUT2D eigenvalue weighted by Crippen LogP contribution is -2.17. The monoisotopic (exact) mass is 203 g/mol. The van der Waals surface area contributed by atoms with Gasteiger partial charge in [-0.2, -0.15) is 0 Å². The molecule has 0 spiro atoms. The molecule has 0 aliphatic heterocycles. The lowest BCUT2D eigenvalue weighted by Gasteiger charge is -2.04. The van der Waals surface area contributed by atoms with E-state index < -0.39 is 0 Å². The van der Waals surface area contributed by atoms with E-state index in [2.05, 4.69) is 36.5 Å². The number of hydrogen-bond acceptors (Lipinski definition) is 1. The predicted molar refractivity (Wildman–Crippen MR) is 65.3 cm³/mol.